The summed E-state index contributed by atoms with van der Waals surface area (Å²) >= 11 is 0. The molecule has 2 aromatic carbocycles. The Morgan fingerprint density at radius 3 is 1.67 bits per heavy atom. The maximum atomic E-state index is 2.40. The number of fused-ring (bicyclic) bond motifs is 1. The molecule has 0 atom stereocenters. The minimum atomic E-state index is 0. The number of halogens is 1. The standard InChI is InChI=1S/C33H43N2.ClH/c1-22(2)28-14-12-15-29(23(3)4)31(28)34-20-27-13-11-16-30(35(27)21-34)24-17-25(32(5,6)7)19-26(18-24)33(8,9)10;/h11-23H,1-10H3;1H/q+1;/p-1. The number of para-hydroxylation sites is 1. The number of hydrogen-bond acceptors (Lipinski definition) is 0. The zero-order valence-corrected chi connectivity index (χ0v) is 24.5. The predicted molar refractivity (Wildman–Crippen MR) is 150 cm³/mol. The highest BCUT2D eigenvalue weighted by atomic mass is 35.5. The zero-order chi connectivity index (χ0) is 25.7. The van der Waals surface area contributed by atoms with Crippen LogP contribution in [0.3, 0.4) is 0 Å². The third kappa shape index (κ3) is 5.39. The smallest absolute Gasteiger partial charge is 0.254 e. The minimum Gasteiger partial charge on any atom is -1.00 e. The summed E-state index contributed by atoms with van der Waals surface area (Å²) < 4.78 is 4.71. The summed E-state index contributed by atoms with van der Waals surface area (Å²) in [5, 5.41) is 0. The Balaban J connectivity index is 0.00000361. The summed E-state index contributed by atoms with van der Waals surface area (Å²) in [6.45, 7) is 23.0. The van der Waals surface area contributed by atoms with E-state index in [9.17, 15) is 0 Å². The Kier molecular flexibility index (Phi) is 7.82. The van der Waals surface area contributed by atoms with Gasteiger partial charge in [0.15, 0.2) is 5.52 Å². The zero-order valence-electron chi connectivity index (χ0n) is 23.8. The molecule has 0 amide bonds. The molecule has 4 rings (SSSR count). The molecule has 0 saturated heterocycles. The van der Waals surface area contributed by atoms with Crippen LogP contribution in [0.4, 0.5) is 0 Å². The van der Waals surface area contributed by atoms with Gasteiger partial charge in [0.2, 0.25) is 0 Å². The van der Waals surface area contributed by atoms with Gasteiger partial charge in [-0.3, -0.25) is 0 Å². The molecule has 3 heteroatoms. The first-order valence-electron chi connectivity index (χ1n) is 13.1. The van der Waals surface area contributed by atoms with Crippen molar-refractivity contribution in [2.24, 2.45) is 0 Å². The Hall–Kier alpha value is -2.58. The average molecular weight is 503 g/mol. The maximum Gasteiger partial charge on any atom is 0.254 e. The number of hydrogen-bond donors (Lipinski definition) is 0. The van der Waals surface area contributed by atoms with Crippen LogP contribution in [0.1, 0.15) is 103 Å². The quantitative estimate of drug-likeness (QED) is 0.315. The molecule has 0 N–H and O–H groups in total. The molecule has 0 radical (unpaired) electrons. The fourth-order valence-electron chi connectivity index (χ4n) is 4.88. The monoisotopic (exact) mass is 502 g/mol. The first-order chi connectivity index (χ1) is 16.3. The van der Waals surface area contributed by atoms with Crippen LogP contribution in [-0.4, -0.2) is 4.40 Å². The van der Waals surface area contributed by atoms with Gasteiger partial charge < -0.3 is 12.4 Å². The van der Waals surface area contributed by atoms with Gasteiger partial charge in [0.1, 0.15) is 17.6 Å². The van der Waals surface area contributed by atoms with Crippen molar-refractivity contribution < 1.29 is 17.0 Å². The van der Waals surface area contributed by atoms with E-state index in [1.165, 1.54) is 44.7 Å². The van der Waals surface area contributed by atoms with Gasteiger partial charge in [-0.1, -0.05) is 99.6 Å². The molecule has 0 bridgehead atoms. The van der Waals surface area contributed by atoms with Crippen molar-refractivity contribution in [3.8, 4) is 16.9 Å². The van der Waals surface area contributed by atoms with Crippen LogP contribution in [0, 0.1) is 0 Å². The van der Waals surface area contributed by atoms with E-state index in [4.69, 9.17) is 0 Å². The molecule has 36 heavy (non-hydrogen) atoms. The number of nitrogens with zero attached hydrogens (tertiary/aromatic N) is 2. The lowest BCUT2D eigenvalue weighted by Gasteiger charge is -2.26. The van der Waals surface area contributed by atoms with E-state index in [-0.39, 0.29) is 23.2 Å². The molecule has 192 valence electrons. The van der Waals surface area contributed by atoms with Crippen LogP contribution in [0.5, 0.6) is 0 Å². The molecule has 2 heterocycles. The SMILES string of the molecule is CC(C)c1cccc(C(C)C)c1-[n+]1cc2cccc(-c3cc(C(C)(C)C)cc(C(C)(C)C)c3)n2c1.[Cl-]. The Labute approximate surface area is 224 Å². The van der Waals surface area contributed by atoms with Gasteiger partial charge in [0.25, 0.3) is 6.33 Å². The van der Waals surface area contributed by atoms with E-state index >= 15 is 0 Å². The fourth-order valence-corrected chi connectivity index (χ4v) is 4.88. The molecule has 4 aromatic rings. The summed E-state index contributed by atoms with van der Waals surface area (Å²) in [6.07, 6.45) is 4.56. The van der Waals surface area contributed by atoms with Gasteiger partial charge in [-0.25, -0.2) is 4.57 Å². The van der Waals surface area contributed by atoms with Crippen molar-refractivity contribution in [1.82, 2.24) is 4.40 Å². The first kappa shape index (κ1) is 28.0. The molecule has 0 unspecified atom stereocenters. The van der Waals surface area contributed by atoms with E-state index in [0.717, 1.165) is 0 Å². The number of rotatable bonds is 4. The van der Waals surface area contributed by atoms with Gasteiger partial charge in [-0.15, -0.1) is 0 Å². The molecule has 0 saturated carbocycles. The van der Waals surface area contributed by atoms with Gasteiger partial charge in [0, 0.05) is 16.7 Å². The fraction of sp³-hybridized carbons (Fsp3) is 0.424. The van der Waals surface area contributed by atoms with Crippen molar-refractivity contribution in [3.05, 3.63) is 89.4 Å². The highest BCUT2D eigenvalue weighted by Gasteiger charge is 2.24. The molecule has 2 aromatic heterocycles. The van der Waals surface area contributed by atoms with E-state index in [1.807, 2.05) is 0 Å². The third-order valence-electron chi connectivity index (χ3n) is 7.13. The summed E-state index contributed by atoms with van der Waals surface area (Å²) in [5.41, 5.74) is 10.7. The normalized spacial score (nSPS) is 12.4. The second-order valence-corrected chi connectivity index (χ2v) is 12.8. The predicted octanol–water partition coefficient (Wildman–Crippen LogP) is 5.73. The molecular formula is C33H43ClN2. The topological polar surface area (TPSA) is 8.29 Å². The van der Waals surface area contributed by atoms with Gasteiger partial charge in [0.05, 0.1) is 0 Å². The Morgan fingerprint density at radius 1 is 0.694 bits per heavy atom. The lowest BCUT2D eigenvalue weighted by Crippen LogP contribution is -3.00. The molecule has 0 spiro atoms. The van der Waals surface area contributed by atoms with Crippen LogP contribution in [0.25, 0.3) is 22.5 Å². The van der Waals surface area contributed by atoms with Crippen LogP contribution in [0.2, 0.25) is 0 Å². The highest BCUT2D eigenvalue weighted by molar-refractivity contribution is 5.67. The van der Waals surface area contributed by atoms with Crippen LogP contribution >= 0.6 is 0 Å². The van der Waals surface area contributed by atoms with E-state index < -0.39 is 0 Å². The van der Waals surface area contributed by atoms with E-state index in [2.05, 4.69) is 145 Å². The highest BCUT2D eigenvalue weighted by Crippen LogP contribution is 2.34. The summed E-state index contributed by atoms with van der Waals surface area (Å²) in [5.74, 6) is 0.910. The molecule has 0 aliphatic carbocycles. The van der Waals surface area contributed by atoms with Crippen LogP contribution < -0.4 is 17.0 Å². The van der Waals surface area contributed by atoms with Crippen LogP contribution in [-0.2, 0) is 10.8 Å². The first-order valence-corrected chi connectivity index (χ1v) is 13.1. The van der Waals surface area contributed by atoms with Gasteiger partial charge >= 0.3 is 0 Å². The van der Waals surface area contributed by atoms with Gasteiger partial charge in [-0.2, -0.15) is 4.40 Å². The minimum absolute atomic E-state index is 0. The average Bonchev–Trinajstić information content (AvgIpc) is 3.21. The number of imidazole rings is 1. The van der Waals surface area contributed by atoms with E-state index in [1.54, 1.807) is 0 Å². The maximum absolute atomic E-state index is 2.40. The number of benzene rings is 2. The van der Waals surface area contributed by atoms with Crippen molar-refractivity contribution in [2.75, 3.05) is 0 Å². The number of pyridine rings is 1. The van der Waals surface area contributed by atoms with Crippen molar-refractivity contribution in [3.63, 3.8) is 0 Å². The molecule has 0 aliphatic heterocycles. The molecule has 0 aliphatic rings. The summed E-state index contributed by atoms with van der Waals surface area (Å²) in [7, 11) is 0. The van der Waals surface area contributed by atoms with Gasteiger partial charge in [-0.05, 0) is 58.1 Å². The molecular weight excluding hydrogens is 460 g/mol. The van der Waals surface area contributed by atoms with Crippen molar-refractivity contribution in [1.29, 1.82) is 0 Å². The van der Waals surface area contributed by atoms with Crippen molar-refractivity contribution in [2.45, 2.75) is 91.9 Å². The second-order valence-electron chi connectivity index (χ2n) is 12.8. The summed E-state index contributed by atoms with van der Waals surface area (Å²) in [6, 6.07) is 20.6. The molecule has 0 fully saturated rings. The van der Waals surface area contributed by atoms with E-state index in [0.29, 0.717) is 11.8 Å². The Morgan fingerprint density at radius 2 is 1.19 bits per heavy atom. The Bertz CT molecular complexity index is 1300. The largest absolute Gasteiger partial charge is 1.00 e. The lowest BCUT2D eigenvalue weighted by atomic mass is 9.79. The van der Waals surface area contributed by atoms with Crippen LogP contribution in [0.15, 0.2) is 67.1 Å². The second kappa shape index (κ2) is 10.1. The lowest BCUT2D eigenvalue weighted by molar-refractivity contribution is -0.595. The van der Waals surface area contributed by atoms with Crippen molar-refractivity contribution >= 4 is 5.52 Å². The summed E-state index contributed by atoms with van der Waals surface area (Å²) in [4.78, 5) is 0. The third-order valence-corrected chi connectivity index (χ3v) is 7.13. The number of aromatic nitrogens is 2. The molecule has 2 nitrogen and oxygen atoms in total.